The van der Waals surface area contributed by atoms with Crippen LogP contribution in [0, 0.1) is 6.92 Å². The van der Waals surface area contributed by atoms with Gasteiger partial charge in [-0.25, -0.2) is 8.42 Å². The Hall–Kier alpha value is -3.52. The largest absolute Gasteiger partial charge is 0.497 e. The van der Waals surface area contributed by atoms with E-state index in [2.05, 4.69) is 5.32 Å². The number of nitrogens with zero attached hydrogens (tertiary/aromatic N) is 1. The summed E-state index contributed by atoms with van der Waals surface area (Å²) in [5, 5.41) is 2.91. The molecule has 0 aliphatic heterocycles. The highest BCUT2D eigenvalue weighted by Gasteiger charge is 2.29. The monoisotopic (exact) mass is 496 g/mol. The first-order valence-corrected chi connectivity index (χ1v) is 12.8. The fourth-order valence-corrected chi connectivity index (χ4v) is 5.32. The number of amides is 1. The van der Waals surface area contributed by atoms with Gasteiger partial charge in [0.1, 0.15) is 18.0 Å². The minimum absolute atomic E-state index is 0.129. The van der Waals surface area contributed by atoms with Gasteiger partial charge in [0.2, 0.25) is 5.91 Å². The van der Waals surface area contributed by atoms with Gasteiger partial charge in [0.25, 0.3) is 10.0 Å². The lowest BCUT2D eigenvalue weighted by molar-refractivity contribution is -0.120. The average Bonchev–Trinajstić information content (AvgIpc) is 2.86. The van der Waals surface area contributed by atoms with Gasteiger partial charge in [-0.05, 0) is 62.2 Å². The summed E-state index contributed by atoms with van der Waals surface area (Å²) in [4.78, 5) is 13.3. The number of carbonyl (C=O) groups excluding carboxylic acids is 1. The molecule has 0 heterocycles. The SMILES string of the molecule is CCc1ccccc1N(CC(=O)N[C@@H](C)c1cc(OC)ccc1OC)S(=O)(=O)c1ccc(C)cc1. The summed E-state index contributed by atoms with van der Waals surface area (Å²) in [6.45, 7) is 5.28. The minimum atomic E-state index is -3.99. The molecule has 3 aromatic carbocycles. The van der Waals surface area contributed by atoms with Crippen LogP contribution in [-0.2, 0) is 21.2 Å². The van der Waals surface area contributed by atoms with Crippen molar-refractivity contribution in [1.82, 2.24) is 5.32 Å². The number of methoxy groups -OCH3 is 2. The van der Waals surface area contributed by atoms with Crippen LogP contribution in [-0.4, -0.2) is 35.1 Å². The van der Waals surface area contributed by atoms with Gasteiger partial charge < -0.3 is 14.8 Å². The lowest BCUT2D eigenvalue weighted by Crippen LogP contribution is -2.42. The van der Waals surface area contributed by atoms with E-state index in [-0.39, 0.29) is 11.4 Å². The van der Waals surface area contributed by atoms with Crippen LogP contribution < -0.4 is 19.1 Å². The maximum absolute atomic E-state index is 13.7. The van der Waals surface area contributed by atoms with E-state index in [1.807, 2.05) is 32.9 Å². The topological polar surface area (TPSA) is 84.9 Å². The van der Waals surface area contributed by atoms with Crippen LogP contribution in [0.5, 0.6) is 11.5 Å². The molecule has 0 spiro atoms. The van der Waals surface area contributed by atoms with E-state index >= 15 is 0 Å². The first kappa shape index (κ1) is 26.1. The fraction of sp³-hybridized carbons (Fsp3) is 0.296. The van der Waals surface area contributed by atoms with Crippen LogP contribution in [0.4, 0.5) is 5.69 Å². The van der Waals surface area contributed by atoms with Gasteiger partial charge in [-0.1, -0.05) is 42.8 Å². The molecule has 186 valence electrons. The molecule has 0 saturated carbocycles. The molecule has 0 radical (unpaired) electrons. The minimum Gasteiger partial charge on any atom is -0.497 e. The summed E-state index contributed by atoms with van der Waals surface area (Å²) in [5.74, 6) is 0.783. The van der Waals surface area contributed by atoms with Crippen molar-refractivity contribution in [1.29, 1.82) is 0 Å². The van der Waals surface area contributed by atoms with Gasteiger partial charge >= 0.3 is 0 Å². The summed E-state index contributed by atoms with van der Waals surface area (Å²) < 4.78 is 39.3. The van der Waals surface area contributed by atoms with Crippen molar-refractivity contribution < 1.29 is 22.7 Å². The highest BCUT2D eigenvalue weighted by atomic mass is 32.2. The summed E-state index contributed by atoms with van der Waals surface area (Å²) in [7, 11) is -0.878. The Bertz CT molecular complexity index is 1270. The summed E-state index contributed by atoms with van der Waals surface area (Å²) in [5.41, 5.74) is 2.99. The van der Waals surface area contributed by atoms with Gasteiger partial charge in [0, 0.05) is 5.56 Å². The Labute approximate surface area is 207 Å². The Kier molecular flexibility index (Phi) is 8.40. The number of rotatable bonds is 10. The number of hydrogen-bond acceptors (Lipinski definition) is 5. The second-order valence-corrected chi connectivity index (χ2v) is 10.1. The summed E-state index contributed by atoms with van der Waals surface area (Å²) in [6.07, 6.45) is 0.620. The van der Waals surface area contributed by atoms with Crippen LogP contribution in [0.15, 0.2) is 71.6 Å². The van der Waals surface area contributed by atoms with Gasteiger partial charge in [-0.15, -0.1) is 0 Å². The van der Waals surface area contributed by atoms with E-state index < -0.39 is 22.0 Å². The average molecular weight is 497 g/mol. The molecule has 35 heavy (non-hydrogen) atoms. The quantitative estimate of drug-likeness (QED) is 0.442. The van der Waals surface area contributed by atoms with E-state index in [1.165, 1.54) is 4.31 Å². The predicted octanol–water partition coefficient (Wildman–Crippen LogP) is 4.65. The first-order valence-electron chi connectivity index (χ1n) is 11.4. The summed E-state index contributed by atoms with van der Waals surface area (Å²) >= 11 is 0. The number of para-hydroxylation sites is 1. The predicted molar refractivity (Wildman–Crippen MR) is 138 cm³/mol. The Morgan fingerprint density at radius 1 is 1.00 bits per heavy atom. The first-order chi connectivity index (χ1) is 16.7. The number of sulfonamides is 1. The molecule has 0 aliphatic rings. The summed E-state index contributed by atoms with van der Waals surface area (Å²) in [6, 6.07) is 18.7. The molecule has 0 saturated heterocycles. The van der Waals surface area contributed by atoms with Crippen LogP contribution in [0.25, 0.3) is 0 Å². The molecule has 7 nitrogen and oxygen atoms in total. The molecule has 1 atom stereocenters. The molecule has 0 unspecified atom stereocenters. The third-order valence-corrected chi connectivity index (χ3v) is 7.59. The molecule has 3 rings (SSSR count). The molecule has 0 aromatic heterocycles. The van der Waals surface area contributed by atoms with E-state index in [1.54, 1.807) is 68.8 Å². The number of ether oxygens (including phenoxy) is 2. The molecule has 0 fully saturated rings. The number of carbonyl (C=O) groups is 1. The Balaban J connectivity index is 1.95. The normalized spacial score (nSPS) is 12.0. The molecule has 0 bridgehead atoms. The third kappa shape index (κ3) is 5.95. The molecule has 1 N–H and O–H groups in total. The van der Waals surface area contributed by atoms with Crippen molar-refractivity contribution in [2.45, 2.75) is 38.1 Å². The molecule has 0 aliphatic carbocycles. The van der Waals surface area contributed by atoms with Crippen molar-refractivity contribution in [2.24, 2.45) is 0 Å². The standard InChI is InChI=1S/C27H32N2O5S/c1-6-21-9-7-8-10-25(21)29(35(31,32)23-14-11-19(2)12-15-23)18-27(30)28-20(3)24-17-22(33-4)13-16-26(24)34-5/h7-17,20H,6,18H2,1-5H3,(H,28,30)/t20-/m0/s1. The molecular formula is C27H32N2O5S. The number of hydrogen-bond donors (Lipinski definition) is 1. The molecule has 1 amide bonds. The van der Waals surface area contributed by atoms with Crippen molar-refractivity contribution in [3.05, 3.63) is 83.4 Å². The van der Waals surface area contributed by atoms with Crippen LogP contribution in [0.3, 0.4) is 0 Å². The molecular weight excluding hydrogens is 464 g/mol. The zero-order chi connectivity index (χ0) is 25.6. The lowest BCUT2D eigenvalue weighted by atomic mass is 10.1. The zero-order valence-corrected chi connectivity index (χ0v) is 21.6. The zero-order valence-electron chi connectivity index (χ0n) is 20.7. The van der Waals surface area contributed by atoms with Crippen molar-refractivity contribution >= 4 is 21.6 Å². The van der Waals surface area contributed by atoms with Crippen molar-refractivity contribution in [2.75, 3.05) is 25.1 Å². The third-order valence-electron chi connectivity index (χ3n) is 5.82. The van der Waals surface area contributed by atoms with Gasteiger partial charge in [0.15, 0.2) is 0 Å². The van der Waals surface area contributed by atoms with Crippen molar-refractivity contribution in [3.63, 3.8) is 0 Å². The maximum Gasteiger partial charge on any atom is 0.264 e. The fourth-order valence-electron chi connectivity index (χ4n) is 3.86. The van der Waals surface area contributed by atoms with Gasteiger partial charge in [0.05, 0.1) is 30.8 Å². The van der Waals surface area contributed by atoms with E-state index in [9.17, 15) is 13.2 Å². The number of nitrogens with one attached hydrogen (secondary N) is 1. The molecule has 3 aromatic rings. The smallest absolute Gasteiger partial charge is 0.264 e. The van der Waals surface area contributed by atoms with Gasteiger partial charge in [-0.3, -0.25) is 9.10 Å². The van der Waals surface area contributed by atoms with E-state index in [4.69, 9.17) is 9.47 Å². The Morgan fingerprint density at radius 3 is 2.31 bits per heavy atom. The highest BCUT2D eigenvalue weighted by molar-refractivity contribution is 7.92. The molecule has 8 heteroatoms. The number of anilines is 1. The second kappa shape index (κ2) is 11.3. The second-order valence-electron chi connectivity index (χ2n) is 8.20. The highest BCUT2D eigenvalue weighted by Crippen LogP contribution is 2.30. The lowest BCUT2D eigenvalue weighted by Gasteiger charge is -2.27. The van der Waals surface area contributed by atoms with E-state index in [0.717, 1.165) is 16.7 Å². The number of benzene rings is 3. The van der Waals surface area contributed by atoms with Gasteiger partial charge in [-0.2, -0.15) is 0 Å². The van der Waals surface area contributed by atoms with E-state index in [0.29, 0.717) is 23.6 Å². The van der Waals surface area contributed by atoms with Crippen LogP contribution >= 0.6 is 0 Å². The van der Waals surface area contributed by atoms with Crippen molar-refractivity contribution in [3.8, 4) is 11.5 Å². The Morgan fingerprint density at radius 2 is 1.69 bits per heavy atom. The van der Waals surface area contributed by atoms with Crippen LogP contribution in [0.2, 0.25) is 0 Å². The maximum atomic E-state index is 13.7. The van der Waals surface area contributed by atoms with Crippen LogP contribution in [0.1, 0.15) is 36.6 Å². The number of aryl methyl sites for hydroxylation is 2.